The van der Waals surface area contributed by atoms with Gasteiger partial charge in [0.2, 0.25) is 5.60 Å². The lowest BCUT2D eigenvalue weighted by Crippen LogP contribution is -2.51. The minimum Gasteiger partial charge on any atom is -0.490 e. The summed E-state index contributed by atoms with van der Waals surface area (Å²) in [4.78, 5) is 17.2. The molecule has 0 spiro atoms. The molecule has 4 aromatic rings. The smallest absolute Gasteiger partial charge is 0.424 e. The number of aromatic nitrogens is 3. The van der Waals surface area contributed by atoms with Crippen LogP contribution in [0.15, 0.2) is 48.5 Å². The number of nitrogens with zero attached hydrogens (tertiary/aromatic N) is 3. The van der Waals surface area contributed by atoms with Crippen LogP contribution in [0.1, 0.15) is 45.7 Å². The van der Waals surface area contributed by atoms with E-state index in [1.807, 2.05) is 0 Å². The van der Waals surface area contributed by atoms with E-state index in [0.29, 0.717) is 34.8 Å². The molecule has 2 aromatic heterocycles. The molecule has 0 radical (unpaired) electrons. The molecule has 16 heteroatoms. The van der Waals surface area contributed by atoms with E-state index in [4.69, 9.17) is 9.47 Å². The summed E-state index contributed by atoms with van der Waals surface area (Å²) in [5.41, 5.74) is -8.61. The zero-order valence-corrected chi connectivity index (χ0v) is 25.0. The third-order valence-electron chi connectivity index (χ3n) is 8.29. The van der Waals surface area contributed by atoms with Gasteiger partial charge in [-0.15, -0.1) is 5.10 Å². The lowest BCUT2D eigenvalue weighted by atomic mass is 9.82. The third-order valence-corrected chi connectivity index (χ3v) is 8.29. The molecule has 0 bridgehead atoms. The van der Waals surface area contributed by atoms with E-state index in [9.17, 15) is 45.0 Å². The second-order valence-corrected chi connectivity index (χ2v) is 11.9. The summed E-state index contributed by atoms with van der Waals surface area (Å²) in [5.74, 6) is -1.20. The molecular weight excluding hydrogens is 656 g/mol. The van der Waals surface area contributed by atoms with Gasteiger partial charge in [-0.05, 0) is 56.2 Å². The van der Waals surface area contributed by atoms with Gasteiger partial charge in [0.05, 0.1) is 35.0 Å². The van der Waals surface area contributed by atoms with Crippen molar-refractivity contribution in [1.82, 2.24) is 20.5 Å². The summed E-state index contributed by atoms with van der Waals surface area (Å²) in [6.45, 7) is -3.32. The predicted octanol–water partition coefficient (Wildman–Crippen LogP) is 6.31. The van der Waals surface area contributed by atoms with Crippen molar-refractivity contribution in [2.45, 2.75) is 49.2 Å². The van der Waals surface area contributed by atoms with Crippen LogP contribution in [-0.4, -0.2) is 65.0 Å². The van der Waals surface area contributed by atoms with Crippen molar-refractivity contribution >= 4 is 16.8 Å². The summed E-state index contributed by atoms with van der Waals surface area (Å²) >= 11 is 0. The molecule has 0 unspecified atom stereocenters. The topological polar surface area (TPSA) is 106 Å². The van der Waals surface area contributed by atoms with Gasteiger partial charge in [0.25, 0.3) is 5.91 Å². The van der Waals surface area contributed by atoms with Crippen molar-refractivity contribution in [3.63, 3.8) is 0 Å². The number of benzene rings is 2. The highest BCUT2D eigenvalue weighted by Crippen LogP contribution is 2.48. The largest absolute Gasteiger partial charge is 0.490 e. The van der Waals surface area contributed by atoms with Gasteiger partial charge in [-0.2, -0.15) is 31.4 Å². The Labute approximate surface area is 267 Å². The van der Waals surface area contributed by atoms with Crippen LogP contribution >= 0.6 is 0 Å². The fraction of sp³-hybridized carbons (Fsp3) is 0.375. The summed E-state index contributed by atoms with van der Waals surface area (Å²) < 4.78 is 124. The SMILES string of the molecule is Cc1cc2cc(C(=O)NC[C@](O)(c3cc4c(c(-c5ccc(C(F)(F)F)cc5)n3)OCC4(CF)CF)C(F)(F)F)cc(OC3CC3)c2nn1. The number of fused-ring (bicyclic) bond motifs is 2. The van der Waals surface area contributed by atoms with Crippen LogP contribution in [0, 0.1) is 6.92 Å². The van der Waals surface area contributed by atoms with E-state index < -0.39 is 78.3 Å². The highest BCUT2D eigenvalue weighted by atomic mass is 19.4. The predicted molar refractivity (Wildman–Crippen MR) is 154 cm³/mol. The Hall–Kier alpha value is -4.60. The summed E-state index contributed by atoms with van der Waals surface area (Å²) in [6, 6.07) is 8.02. The standard InChI is InChI=1S/C32H26F8N4O4/c1-16-8-18-9-19(10-23(25(18)44-43-16)48-21-6-7-21)28(45)41-14-30(46,32(38,39)40)24-11-22-27(47-15-29(22,12-33)13-34)26(42-24)17-2-4-20(5-3-17)31(35,36)37/h2-5,8-11,21,46H,6-7,12-15H2,1H3,(H,41,45)/t30-/m0/s1. The lowest BCUT2D eigenvalue weighted by molar-refractivity contribution is -0.265. The minimum atomic E-state index is -5.52. The number of alkyl halides is 8. The highest BCUT2D eigenvalue weighted by Gasteiger charge is 2.57. The van der Waals surface area contributed by atoms with E-state index in [-0.39, 0.29) is 28.7 Å². The van der Waals surface area contributed by atoms with Crippen molar-refractivity contribution in [3.8, 4) is 22.8 Å². The molecule has 2 N–H and O–H groups in total. The highest BCUT2D eigenvalue weighted by molar-refractivity contribution is 6.00. The van der Waals surface area contributed by atoms with E-state index in [1.54, 1.807) is 13.0 Å². The summed E-state index contributed by atoms with van der Waals surface area (Å²) in [5, 5.41) is 21.8. The Bertz CT molecular complexity index is 1880. The molecule has 48 heavy (non-hydrogen) atoms. The van der Waals surface area contributed by atoms with Gasteiger partial charge in [0.1, 0.15) is 42.7 Å². The number of rotatable bonds is 9. The van der Waals surface area contributed by atoms with Crippen LogP contribution in [0.2, 0.25) is 0 Å². The number of carbonyl (C=O) groups excluding carboxylic acids is 1. The van der Waals surface area contributed by atoms with Crippen LogP contribution in [0.3, 0.4) is 0 Å². The van der Waals surface area contributed by atoms with Gasteiger partial charge in [0.15, 0.2) is 0 Å². The maximum absolute atomic E-state index is 14.8. The van der Waals surface area contributed by atoms with Crippen molar-refractivity contribution in [2.24, 2.45) is 0 Å². The molecular formula is C32H26F8N4O4. The maximum Gasteiger partial charge on any atom is 0.424 e. The number of carbonyl (C=O) groups is 1. The van der Waals surface area contributed by atoms with E-state index in [1.165, 1.54) is 12.1 Å². The zero-order chi connectivity index (χ0) is 34.6. The van der Waals surface area contributed by atoms with Crippen LogP contribution < -0.4 is 14.8 Å². The number of ether oxygens (including phenoxy) is 2. The number of amides is 1. The number of pyridine rings is 1. The zero-order valence-electron chi connectivity index (χ0n) is 25.0. The molecule has 2 aliphatic rings. The van der Waals surface area contributed by atoms with Gasteiger partial charge in [-0.1, -0.05) is 12.1 Å². The second-order valence-electron chi connectivity index (χ2n) is 11.9. The van der Waals surface area contributed by atoms with Crippen molar-refractivity contribution in [3.05, 3.63) is 76.6 Å². The first kappa shape index (κ1) is 33.3. The average molecular weight is 683 g/mol. The first-order valence-corrected chi connectivity index (χ1v) is 14.6. The molecule has 1 atom stereocenters. The first-order chi connectivity index (χ1) is 22.6. The van der Waals surface area contributed by atoms with Crippen molar-refractivity contribution in [2.75, 3.05) is 26.5 Å². The molecule has 8 nitrogen and oxygen atoms in total. The average Bonchev–Trinajstić information content (AvgIpc) is 3.79. The summed E-state index contributed by atoms with van der Waals surface area (Å²) in [6.07, 6.45) is -8.87. The van der Waals surface area contributed by atoms with Crippen LogP contribution in [0.5, 0.6) is 11.5 Å². The molecule has 1 saturated carbocycles. The van der Waals surface area contributed by atoms with Crippen LogP contribution in [0.4, 0.5) is 35.1 Å². The van der Waals surface area contributed by atoms with E-state index in [2.05, 4.69) is 20.5 Å². The Kier molecular flexibility index (Phi) is 8.20. The van der Waals surface area contributed by atoms with Gasteiger partial charge < -0.3 is 19.9 Å². The van der Waals surface area contributed by atoms with Crippen LogP contribution in [-0.2, 0) is 17.2 Å². The molecule has 0 saturated heterocycles. The number of halogens is 8. The number of hydrogen-bond donors (Lipinski definition) is 2. The Morgan fingerprint density at radius 3 is 2.31 bits per heavy atom. The van der Waals surface area contributed by atoms with Crippen LogP contribution in [0.25, 0.3) is 22.2 Å². The fourth-order valence-corrected chi connectivity index (χ4v) is 5.30. The monoisotopic (exact) mass is 682 g/mol. The Morgan fingerprint density at radius 1 is 1.02 bits per heavy atom. The first-order valence-electron chi connectivity index (χ1n) is 14.6. The minimum absolute atomic E-state index is 0.121. The Balaban J connectivity index is 1.41. The number of aliphatic hydroxyl groups is 1. The lowest BCUT2D eigenvalue weighted by Gasteiger charge is -2.31. The normalized spacial score (nSPS) is 17.0. The van der Waals surface area contributed by atoms with Crippen molar-refractivity contribution < 1.29 is 54.5 Å². The molecule has 1 amide bonds. The molecule has 254 valence electrons. The summed E-state index contributed by atoms with van der Waals surface area (Å²) in [7, 11) is 0. The molecule has 1 aliphatic carbocycles. The number of hydrogen-bond acceptors (Lipinski definition) is 7. The Morgan fingerprint density at radius 2 is 1.71 bits per heavy atom. The van der Waals surface area contributed by atoms with Gasteiger partial charge in [-0.3, -0.25) is 4.79 Å². The molecule has 3 heterocycles. The number of nitrogens with one attached hydrogen (secondary N) is 1. The van der Waals surface area contributed by atoms with Gasteiger partial charge in [0, 0.05) is 22.1 Å². The fourth-order valence-electron chi connectivity index (χ4n) is 5.30. The third kappa shape index (κ3) is 5.97. The quantitative estimate of drug-likeness (QED) is 0.200. The molecule has 2 aromatic carbocycles. The number of aryl methyl sites for hydroxylation is 1. The maximum atomic E-state index is 14.8. The van der Waals surface area contributed by atoms with E-state index >= 15 is 0 Å². The van der Waals surface area contributed by atoms with Gasteiger partial charge >= 0.3 is 12.4 Å². The molecule has 1 fully saturated rings. The molecule has 1 aliphatic heterocycles. The van der Waals surface area contributed by atoms with E-state index in [0.717, 1.165) is 25.0 Å². The second kappa shape index (κ2) is 11.8. The van der Waals surface area contributed by atoms with Crippen molar-refractivity contribution in [1.29, 1.82) is 0 Å². The molecule has 6 rings (SSSR count). The van der Waals surface area contributed by atoms with Gasteiger partial charge in [-0.25, -0.2) is 13.8 Å².